The zero-order valence-electron chi connectivity index (χ0n) is 10.1. The van der Waals surface area contributed by atoms with Gasteiger partial charge in [-0.2, -0.15) is 4.39 Å². The molecule has 0 fully saturated rings. The second-order valence-corrected chi connectivity index (χ2v) is 4.04. The zero-order chi connectivity index (χ0) is 13.7. The molecule has 1 atom stereocenters. The third kappa shape index (κ3) is 3.55. The van der Waals surface area contributed by atoms with Crippen LogP contribution < -0.4 is 4.74 Å². The van der Waals surface area contributed by atoms with Crippen molar-refractivity contribution in [3.05, 3.63) is 65.7 Å². The van der Waals surface area contributed by atoms with Crippen molar-refractivity contribution in [1.29, 1.82) is 0 Å². The maximum atomic E-state index is 13.1. The summed E-state index contributed by atoms with van der Waals surface area (Å²) >= 11 is 0. The lowest BCUT2D eigenvalue weighted by Crippen LogP contribution is -2.21. The van der Waals surface area contributed by atoms with Crippen LogP contribution in [0.5, 0.6) is 5.75 Å². The van der Waals surface area contributed by atoms with Gasteiger partial charge in [0.2, 0.25) is 0 Å². The molecule has 2 aromatic rings. The van der Waals surface area contributed by atoms with Gasteiger partial charge >= 0.3 is 12.3 Å². The number of carbonyl (C=O) groups is 1. The van der Waals surface area contributed by atoms with Gasteiger partial charge < -0.3 is 9.84 Å². The van der Waals surface area contributed by atoms with Gasteiger partial charge in [-0.3, -0.25) is 0 Å². The van der Waals surface area contributed by atoms with Gasteiger partial charge in [0.15, 0.2) is 0 Å². The van der Waals surface area contributed by atoms with E-state index in [2.05, 4.69) is 0 Å². The molecule has 2 rings (SSSR count). The molecular weight excluding hydrogens is 247 g/mol. The summed E-state index contributed by atoms with van der Waals surface area (Å²) in [4.78, 5) is 10.5. The summed E-state index contributed by atoms with van der Waals surface area (Å²) in [5.41, 5.74) is 1.79. The Morgan fingerprint density at radius 1 is 1.11 bits per heavy atom. The van der Waals surface area contributed by atoms with Crippen LogP contribution in [-0.2, 0) is 11.2 Å². The molecule has 0 aliphatic rings. The van der Waals surface area contributed by atoms with Crippen molar-refractivity contribution >= 4 is 5.97 Å². The molecule has 4 heteroatoms. The lowest BCUT2D eigenvalue weighted by atomic mass is 10.0. The molecule has 0 saturated carbocycles. The number of ether oxygens (including phenoxy) is 1. The van der Waals surface area contributed by atoms with E-state index in [1.807, 2.05) is 30.3 Å². The number of carboxylic acid groups (broad SMARTS) is 1. The summed E-state index contributed by atoms with van der Waals surface area (Å²) in [7, 11) is 0. The largest absolute Gasteiger partial charge is 0.476 e. The van der Waals surface area contributed by atoms with Gasteiger partial charge in [-0.05, 0) is 17.2 Å². The number of benzene rings is 2. The first-order valence-corrected chi connectivity index (χ1v) is 5.82. The Balaban J connectivity index is 2.19. The predicted octanol–water partition coefficient (Wildman–Crippen LogP) is 3.04. The van der Waals surface area contributed by atoms with Crippen molar-refractivity contribution in [2.45, 2.75) is 12.8 Å². The van der Waals surface area contributed by atoms with E-state index in [0.717, 1.165) is 11.1 Å². The first kappa shape index (κ1) is 13.1. The van der Waals surface area contributed by atoms with Crippen molar-refractivity contribution in [2.75, 3.05) is 0 Å². The maximum Gasteiger partial charge on any atom is 0.378 e. The van der Waals surface area contributed by atoms with E-state index < -0.39 is 12.3 Å². The molecule has 0 bridgehead atoms. The molecule has 19 heavy (non-hydrogen) atoms. The first-order chi connectivity index (χ1) is 9.16. The second kappa shape index (κ2) is 6.00. The fourth-order valence-corrected chi connectivity index (χ4v) is 1.74. The highest BCUT2D eigenvalue weighted by atomic mass is 19.1. The summed E-state index contributed by atoms with van der Waals surface area (Å²) in [5, 5.41) is 8.52. The molecule has 98 valence electrons. The molecular formula is C15H13FO3. The van der Waals surface area contributed by atoms with E-state index >= 15 is 0 Å². The lowest BCUT2D eigenvalue weighted by Gasteiger charge is -2.12. The van der Waals surface area contributed by atoms with Crippen LogP contribution in [0, 0.1) is 0 Å². The van der Waals surface area contributed by atoms with Crippen LogP contribution in [0.2, 0.25) is 0 Å². The highest BCUT2D eigenvalue weighted by Gasteiger charge is 2.18. The first-order valence-electron chi connectivity index (χ1n) is 5.82. The van der Waals surface area contributed by atoms with Gasteiger partial charge in [0.05, 0.1) is 0 Å². The fourth-order valence-electron chi connectivity index (χ4n) is 1.74. The summed E-state index contributed by atoms with van der Waals surface area (Å²) in [5.74, 6) is -1.38. The topological polar surface area (TPSA) is 46.5 Å². The van der Waals surface area contributed by atoms with Gasteiger partial charge in [0.25, 0.3) is 0 Å². The molecule has 0 spiro atoms. The van der Waals surface area contributed by atoms with Gasteiger partial charge in [-0.25, -0.2) is 4.79 Å². The van der Waals surface area contributed by atoms with E-state index in [1.165, 1.54) is 0 Å². The Hall–Kier alpha value is -2.36. The molecule has 0 amide bonds. The minimum atomic E-state index is -2.35. The minimum absolute atomic E-state index is 0.251. The molecule has 0 aliphatic carbocycles. The van der Waals surface area contributed by atoms with Crippen LogP contribution in [0.4, 0.5) is 4.39 Å². The average molecular weight is 260 g/mol. The normalized spacial score (nSPS) is 11.8. The van der Waals surface area contributed by atoms with Crippen molar-refractivity contribution < 1.29 is 19.0 Å². The predicted molar refractivity (Wildman–Crippen MR) is 68.8 cm³/mol. The average Bonchev–Trinajstić information content (AvgIpc) is 2.42. The van der Waals surface area contributed by atoms with E-state index in [4.69, 9.17) is 9.84 Å². The molecule has 3 nitrogen and oxygen atoms in total. The number of carboxylic acids is 1. The Kier molecular flexibility index (Phi) is 4.13. The number of hydrogen-bond acceptors (Lipinski definition) is 2. The van der Waals surface area contributed by atoms with Crippen LogP contribution >= 0.6 is 0 Å². The third-order valence-electron chi connectivity index (χ3n) is 2.63. The number of hydrogen-bond donors (Lipinski definition) is 1. The van der Waals surface area contributed by atoms with Crippen molar-refractivity contribution in [2.24, 2.45) is 0 Å². The quantitative estimate of drug-likeness (QED) is 0.898. The monoisotopic (exact) mass is 260 g/mol. The summed E-state index contributed by atoms with van der Waals surface area (Å²) in [6.45, 7) is 0. The third-order valence-corrected chi connectivity index (χ3v) is 2.63. The highest BCUT2D eigenvalue weighted by Crippen LogP contribution is 2.22. The molecule has 0 saturated heterocycles. The SMILES string of the molecule is O=C(O)C(F)Oc1ccccc1Cc1ccccc1. The Labute approximate surface area is 110 Å². The number of para-hydroxylation sites is 1. The smallest absolute Gasteiger partial charge is 0.378 e. The maximum absolute atomic E-state index is 13.1. The molecule has 0 aliphatic heterocycles. The second-order valence-electron chi connectivity index (χ2n) is 4.04. The van der Waals surface area contributed by atoms with Gasteiger partial charge in [0.1, 0.15) is 5.75 Å². The summed E-state index contributed by atoms with van der Waals surface area (Å²) in [6.07, 6.45) is -1.79. The van der Waals surface area contributed by atoms with Crippen LogP contribution in [0.3, 0.4) is 0 Å². The molecule has 0 heterocycles. The summed E-state index contributed by atoms with van der Waals surface area (Å²) < 4.78 is 17.9. The highest BCUT2D eigenvalue weighted by molar-refractivity contribution is 5.71. The molecule has 1 unspecified atom stereocenters. The number of rotatable bonds is 5. The molecule has 1 N–H and O–H groups in total. The van der Waals surface area contributed by atoms with E-state index in [-0.39, 0.29) is 5.75 Å². The van der Waals surface area contributed by atoms with E-state index in [0.29, 0.717) is 6.42 Å². The summed E-state index contributed by atoms with van der Waals surface area (Å²) in [6, 6.07) is 16.5. The molecule has 0 aromatic heterocycles. The van der Waals surface area contributed by atoms with Crippen LogP contribution in [-0.4, -0.2) is 17.4 Å². The number of halogens is 1. The lowest BCUT2D eigenvalue weighted by molar-refractivity contribution is -0.153. The Bertz CT molecular complexity index is 554. The van der Waals surface area contributed by atoms with Gasteiger partial charge in [-0.1, -0.05) is 48.5 Å². The standard InChI is InChI=1S/C15H13FO3/c16-14(15(17)18)19-13-9-5-4-8-12(13)10-11-6-2-1-3-7-11/h1-9,14H,10H2,(H,17,18). The Morgan fingerprint density at radius 3 is 2.42 bits per heavy atom. The fraction of sp³-hybridized carbons (Fsp3) is 0.133. The molecule has 0 radical (unpaired) electrons. The Morgan fingerprint density at radius 2 is 1.74 bits per heavy atom. The number of alkyl halides is 1. The van der Waals surface area contributed by atoms with Crippen LogP contribution in [0.1, 0.15) is 11.1 Å². The van der Waals surface area contributed by atoms with Crippen molar-refractivity contribution in [3.63, 3.8) is 0 Å². The van der Waals surface area contributed by atoms with Gasteiger partial charge in [0, 0.05) is 6.42 Å². The van der Waals surface area contributed by atoms with Crippen molar-refractivity contribution in [1.82, 2.24) is 0 Å². The number of aliphatic carboxylic acids is 1. The van der Waals surface area contributed by atoms with Crippen molar-refractivity contribution in [3.8, 4) is 5.75 Å². The van der Waals surface area contributed by atoms with Crippen LogP contribution in [0.25, 0.3) is 0 Å². The van der Waals surface area contributed by atoms with Gasteiger partial charge in [-0.15, -0.1) is 0 Å². The zero-order valence-corrected chi connectivity index (χ0v) is 10.1. The van der Waals surface area contributed by atoms with Crippen LogP contribution in [0.15, 0.2) is 54.6 Å². The minimum Gasteiger partial charge on any atom is -0.476 e. The van der Waals surface area contributed by atoms with E-state index in [9.17, 15) is 9.18 Å². The van der Waals surface area contributed by atoms with E-state index in [1.54, 1.807) is 24.3 Å². The molecule has 2 aromatic carbocycles.